The van der Waals surface area contributed by atoms with Crippen molar-refractivity contribution in [3.05, 3.63) is 29.8 Å². The highest BCUT2D eigenvalue weighted by molar-refractivity contribution is 6.04. The molecule has 0 aromatic heterocycles. The molecule has 1 unspecified atom stereocenters. The fourth-order valence-electron chi connectivity index (χ4n) is 5.35. The van der Waals surface area contributed by atoms with E-state index in [1.807, 2.05) is 18.2 Å². The standard InChI is InChI=1S/C24H34N4O4/c1-32-21-10-3-2-7-18(21)16-28-23(30)19(26-24(28)31)11-12-22(29)25-15-17-8-6-14-27-13-5-4-9-20(17)27/h2-3,7,10,17,19-20H,4-6,8-9,11-16H2,1H3,(H,25,29)(H,26,31)/t17-,19?,20+/m0/s1. The lowest BCUT2D eigenvalue weighted by Crippen LogP contribution is -2.51. The number of para-hydroxylation sites is 1. The second kappa shape index (κ2) is 10.3. The normalized spacial score (nSPS) is 25.9. The second-order valence-electron chi connectivity index (χ2n) is 9.08. The zero-order chi connectivity index (χ0) is 22.5. The zero-order valence-electron chi connectivity index (χ0n) is 18.8. The van der Waals surface area contributed by atoms with Crippen LogP contribution in [0.1, 0.15) is 50.5 Å². The quantitative estimate of drug-likeness (QED) is 0.603. The van der Waals surface area contributed by atoms with Crippen molar-refractivity contribution in [1.29, 1.82) is 0 Å². The van der Waals surface area contributed by atoms with E-state index >= 15 is 0 Å². The molecule has 174 valence electrons. The molecular formula is C24H34N4O4. The minimum Gasteiger partial charge on any atom is -0.496 e. The maximum atomic E-state index is 12.8. The summed E-state index contributed by atoms with van der Waals surface area (Å²) in [5.74, 6) is 0.800. The van der Waals surface area contributed by atoms with E-state index < -0.39 is 12.1 Å². The maximum Gasteiger partial charge on any atom is 0.325 e. The third-order valence-electron chi connectivity index (χ3n) is 7.08. The van der Waals surface area contributed by atoms with Crippen molar-refractivity contribution >= 4 is 17.8 Å². The Morgan fingerprint density at radius 1 is 1.16 bits per heavy atom. The number of benzene rings is 1. The Bertz CT molecular complexity index is 843. The van der Waals surface area contributed by atoms with Gasteiger partial charge in [0.05, 0.1) is 13.7 Å². The summed E-state index contributed by atoms with van der Waals surface area (Å²) in [6, 6.07) is 6.83. The Labute approximate surface area is 189 Å². The number of ether oxygens (including phenoxy) is 1. The number of urea groups is 1. The van der Waals surface area contributed by atoms with E-state index in [4.69, 9.17) is 4.74 Å². The Morgan fingerprint density at radius 3 is 2.81 bits per heavy atom. The van der Waals surface area contributed by atoms with E-state index in [0.29, 0.717) is 30.7 Å². The topological polar surface area (TPSA) is 91.0 Å². The van der Waals surface area contributed by atoms with Gasteiger partial charge in [-0.3, -0.25) is 14.5 Å². The summed E-state index contributed by atoms with van der Waals surface area (Å²) in [5.41, 5.74) is 0.765. The molecule has 4 rings (SSSR count). The highest BCUT2D eigenvalue weighted by atomic mass is 16.5. The average Bonchev–Trinajstić information content (AvgIpc) is 3.09. The molecule has 0 bridgehead atoms. The fourth-order valence-corrected chi connectivity index (χ4v) is 5.35. The van der Waals surface area contributed by atoms with Gasteiger partial charge in [0.25, 0.3) is 5.91 Å². The van der Waals surface area contributed by atoms with Gasteiger partial charge in [-0.1, -0.05) is 24.6 Å². The molecule has 32 heavy (non-hydrogen) atoms. The lowest BCUT2D eigenvalue weighted by molar-refractivity contribution is -0.128. The first-order chi connectivity index (χ1) is 15.6. The number of rotatable bonds is 8. The van der Waals surface area contributed by atoms with Gasteiger partial charge in [0, 0.05) is 24.6 Å². The number of hydrogen-bond donors (Lipinski definition) is 2. The SMILES string of the molecule is COc1ccccc1CN1C(=O)NC(CCC(=O)NC[C@@H]2CCCN3CCCC[C@H]23)C1=O. The number of carbonyl (C=O) groups is 3. The molecule has 3 atom stereocenters. The Balaban J connectivity index is 1.24. The van der Waals surface area contributed by atoms with Crippen molar-refractivity contribution in [3.63, 3.8) is 0 Å². The van der Waals surface area contributed by atoms with Crippen molar-refractivity contribution in [2.45, 2.75) is 63.6 Å². The largest absolute Gasteiger partial charge is 0.496 e. The molecule has 1 aromatic rings. The van der Waals surface area contributed by atoms with Crippen LogP contribution in [0, 0.1) is 5.92 Å². The molecule has 2 N–H and O–H groups in total. The molecule has 3 saturated heterocycles. The third kappa shape index (κ3) is 5.06. The maximum absolute atomic E-state index is 12.8. The van der Waals surface area contributed by atoms with Gasteiger partial charge in [-0.25, -0.2) is 4.79 Å². The average molecular weight is 443 g/mol. The molecule has 4 amide bonds. The number of nitrogens with one attached hydrogen (secondary N) is 2. The molecule has 3 aliphatic rings. The highest BCUT2D eigenvalue weighted by Crippen LogP contribution is 2.30. The fraction of sp³-hybridized carbons (Fsp3) is 0.625. The lowest BCUT2D eigenvalue weighted by Gasteiger charge is -2.44. The Kier molecular flexibility index (Phi) is 7.29. The summed E-state index contributed by atoms with van der Waals surface area (Å²) in [6.45, 7) is 3.22. The van der Waals surface area contributed by atoms with Crippen LogP contribution in [0.25, 0.3) is 0 Å². The van der Waals surface area contributed by atoms with Crippen LogP contribution in [0.3, 0.4) is 0 Å². The molecule has 0 radical (unpaired) electrons. The Hall–Kier alpha value is -2.61. The van der Waals surface area contributed by atoms with Gasteiger partial charge in [-0.2, -0.15) is 0 Å². The monoisotopic (exact) mass is 442 g/mol. The van der Waals surface area contributed by atoms with Crippen molar-refractivity contribution in [2.75, 3.05) is 26.7 Å². The molecule has 8 nitrogen and oxygen atoms in total. The predicted molar refractivity (Wildman–Crippen MR) is 120 cm³/mol. The van der Waals surface area contributed by atoms with Gasteiger partial charge in [0.2, 0.25) is 5.91 Å². The minimum atomic E-state index is -0.661. The smallest absolute Gasteiger partial charge is 0.325 e. The number of imide groups is 1. The molecule has 3 aliphatic heterocycles. The molecule has 0 saturated carbocycles. The van der Waals surface area contributed by atoms with Crippen LogP contribution >= 0.6 is 0 Å². The van der Waals surface area contributed by atoms with Crippen molar-refractivity contribution in [1.82, 2.24) is 20.4 Å². The summed E-state index contributed by atoms with van der Waals surface area (Å²) in [5, 5.41) is 5.80. The lowest BCUT2D eigenvalue weighted by atomic mass is 9.83. The van der Waals surface area contributed by atoms with E-state index in [9.17, 15) is 14.4 Å². The Morgan fingerprint density at radius 2 is 1.97 bits per heavy atom. The van der Waals surface area contributed by atoms with Crippen LogP contribution in [0.4, 0.5) is 4.79 Å². The molecular weight excluding hydrogens is 408 g/mol. The summed E-state index contributed by atoms with van der Waals surface area (Å²) in [6.07, 6.45) is 6.67. The number of fused-ring (bicyclic) bond motifs is 1. The van der Waals surface area contributed by atoms with E-state index in [1.165, 1.54) is 43.7 Å². The van der Waals surface area contributed by atoms with Gasteiger partial charge in [0.1, 0.15) is 11.8 Å². The van der Waals surface area contributed by atoms with Gasteiger partial charge < -0.3 is 20.3 Å². The first-order valence-electron chi connectivity index (χ1n) is 11.8. The summed E-state index contributed by atoms with van der Waals surface area (Å²) >= 11 is 0. The molecule has 1 aromatic carbocycles. The summed E-state index contributed by atoms with van der Waals surface area (Å²) in [4.78, 5) is 41.4. The first kappa shape index (κ1) is 22.6. The van der Waals surface area contributed by atoms with E-state index in [1.54, 1.807) is 13.2 Å². The minimum absolute atomic E-state index is 0.0526. The third-order valence-corrected chi connectivity index (χ3v) is 7.08. The molecule has 3 fully saturated rings. The van der Waals surface area contributed by atoms with Gasteiger partial charge >= 0.3 is 6.03 Å². The van der Waals surface area contributed by atoms with Crippen LogP contribution < -0.4 is 15.4 Å². The van der Waals surface area contributed by atoms with Gasteiger partial charge in [0.15, 0.2) is 0 Å². The van der Waals surface area contributed by atoms with Crippen LogP contribution in [0.15, 0.2) is 24.3 Å². The van der Waals surface area contributed by atoms with E-state index in [2.05, 4.69) is 15.5 Å². The van der Waals surface area contributed by atoms with Crippen LogP contribution in [-0.4, -0.2) is 66.5 Å². The number of carbonyl (C=O) groups excluding carboxylic acids is 3. The van der Waals surface area contributed by atoms with E-state index in [-0.39, 0.29) is 24.8 Å². The van der Waals surface area contributed by atoms with Crippen molar-refractivity contribution in [2.24, 2.45) is 5.92 Å². The number of methoxy groups -OCH3 is 1. The number of hydrogen-bond acceptors (Lipinski definition) is 5. The summed E-state index contributed by atoms with van der Waals surface area (Å²) < 4.78 is 5.32. The number of amides is 4. The predicted octanol–water partition coefficient (Wildman–Crippen LogP) is 2.28. The molecule has 0 spiro atoms. The number of piperidine rings is 2. The molecule has 8 heteroatoms. The van der Waals surface area contributed by atoms with E-state index in [0.717, 1.165) is 12.0 Å². The first-order valence-corrected chi connectivity index (χ1v) is 11.8. The molecule has 0 aliphatic carbocycles. The van der Waals surface area contributed by atoms with Crippen molar-refractivity contribution < 1.29 is 19.1 Å². The van der Waals surface area contributed by atoms with Crippen LogP contribution in [0.5, 0.6) is 5.75 Å². The van der Waals surface area contributed by atoms with Gasteiger partial charge in [-0.15, -0.1) is 0 Å². The van der Waals surface area contributed by atoms with Gasteiger partial charge in [-0.05, 0) is 57.2 Å². The molecule has 3 heterocycles. The van der Waals surface area contributed by atoms with Crippen LogP contribution in [-0.2, 0) is 16.1 Å². The van der Waals surface area contributed by atoms with Crippen LogP contribution in [0.2, 0.25) is 0 Å². The second-order valence-corrected chi connectivity index (χ2v) is 9.08. The number of nitrogens with zero attached hydrogens (tertiary/aromatic N) is 2. The summed E-state index contributed by atoms with van der Waals surface area (Å²) in [7, 11) is 1.56. The zero-order valence-corrected chi connectivity index (χ0v) is 18.8. The highest BCUT2D eigenvalue weighted by Gasteiger charge is 2.38. The van der Waals surface area contributed by atoms with Crippen molar-refractivity contribution in [3.8, 4) is 5.75 Å².